The third kappa shape index (κ3) is 4.54. The highest BCUT2D eigenvalue weighted by Gasteiger charge is 2.17. The monoisotopic (exact) mass is 316 g/mol. The summed E-state index contributed by atoms with van der Waals surface area (Å²) in [5.74, 6) is -0.198. The molecule has 2 heterocycles. The normalized spacial score (nSPS) is 15.0. The van der Waals surface area contributed by atoms with Gasteiger partial charge in [0.2, 0.25) is 5.91 Å². The molecule has 0 bridgehead atoms. The van der Waals surface area contributed by atoms with Crippen molar-refractivity contribution < 1.29 is 9.72 Å². The third-order valence-electron chi connectivity index (χ3n) is 3.18. The third-order valence-corrected chi connectivity index (χ3v) is 3.18. The molecule has 0 aliphatic carbocycles. The van der Waals surface area contributed by atoms with E-state index in [0.29, 0.717) is 13.1 Å². The van der Waals surface area contributed by atoms with Gasteiger partial charge in [-0.05, 0) is 13.0 Å². The average Bonchev–Trinajstić information content (AvgIpc) is 2.70. The van der Waals surface area contributed by atoms with Crippen LogP contribution in [0.15, 0.2) is 23.1 Å². The Morgan fingerprint density at radius 1 is 1.33 bits per heavy atom. The van der Waals surface area contributed by atoms with Gasteiger partial charge in [-0.3, -0.25) is 24.3 Å². The highest BCUT2D eigenvalue weighted by Crippen LogP contribution is 2.07. The van der Waals surface area contributed by atoms with Gasteiger partial charge < -0.3 is 10.2 Å². The Hall–Kier alpha value is -1.93. The Morgan fingerprint density at radius 3 is 2.81 bits per heavy atom. The topological polar surface area (TPSA) is 97.5 Å². The summed E-state index contributed by atoms with van der Waals surface area (Å²) in [5, 5.41) is 13.9. The molecule has 1 aromatic heterocycles. The summed E-state index contributed by atoms with van der Waals surface area (Å²) in [6.45, 7) is 2.63. The summed E-state index contributed by atoms with van der Waals surface area (Å²) in [4.78, 5) is 35.5. The van der Waals surface area contributed by atoms with Crippen molar-refractivity contribution in [1.29, 1.82) is 0 Å². The van der Waals surface area contributed by atoms with E-state index in [4.69, 9.17) is 0 Å². The molecule has 0 aromatic carbocycles. The lowest BCUT2D eigenvalue weighted by atomic mass is 10.3. The van der Waals surface area contributed by atoms with Gasteiger partial charge in [0.15, 0.2) is 0 Å². The first-order valence-electron chi connectivity index (χ1n) is 6.41. The summed E-state index contributed by atoms with van der Waals surface area (Å²) < 4.78 is 1.08. The van der Waals surface area contributed by atoms with Crippen molar-refractivity contribution in [2.75, 3.05) is 26.2 Å². The van der Waals surface area contributed by atoms with Gasteiger partial charge in [0, 0.05) is 31.8 Å². The Bertz CT molecular complexity index is 567. The maximum atomic E-state index is 12.1. The Balaban J connectivity index is 0.00000220. The van der Waals surface area contributed by atoms with E-state index in [2.05, 4.69) is 5.32 Å². The van der Waals surface area contributed by atoms with E-state index >= 15 is 0 Å². The van der Waals surface area contributed by atoms with Gasteiger partial charge in [0.25, 0.3) is 11.2 Å². The van der Waals surface area contributed by atoms with Crippen LogP contribution in [0.4, 0.5) is 5.69 Å². The second-order valence-corrected chi connectivity index (χ2v) is 4.59. The summed E-state index contributed by atoms with van der Waals surface area (Å²) in [6, 6.07) is 2.24. The number of amides is 1. The van der Waals surface area contributed by atoms with Crippen molar-refractivity contribution in [3.8, 4) is 0 Å². The van der Waals surface area contributed by atoms with Crippen molar-refractivity contribution in [3.63, 3.8) is 0 Å². The second kappa shape index (κ2) is 7.75. The fraction of sp³-hybridized carbons (Fsp3) is 0.500. The molecule has 1 amide bonds. The number of nitro groups is 1. The van der Waals surface area contributed by atoms with Crippen LogP contribution in [0.2, 0.25) is 0 Å². The summed E-state index contributed by atoms with van der Waals surface area (Å²) in [6.07, 6.45) is 1.96. The smallest absolute Gasteiger partial charge is 0.285 e. The fourth-order valence-electron chi connectivity index (χ4n) is 2.09. The van der Waals surface area contributed by atoms with Gasteiger partial charge in [-0.2, -0.15) is 0 Å². The van der Waals surface area contributed by atoms with Gasteiger partial charge >= 0.3 is 0 Å². The number of carbonyl (C=O) groups is 1. The van der Waals surface area contributed by atoms with E-state index in [1.807, 2.05) is 0 Å². The number of nitrogens with one attached hydrogen (secondary N) is 1. The molecule has 1 aliphatic rings. The first kappa shape index (κ1) is 17.1. The van der Waals surface area contributed by atoms with Gasteiger partial charge in [-0.25, -0.2) is 0 Å². The highest BCUT2D eigenvalue weighted by atomic mass is 35.5. The largest absolute Gasteiger partial charge is 0.340 e. The molecule has 1 N–H and O–H groups in total. The predicted octanol–water partition coefficient (Wildman–Crippen LogP) is 0.000200. The lowest BCUT2D eigenvalue weighted by Crippen LogP contribution is -2.38. The molecule has 1 saturated heterocycles. The van der Waals surface area contributed by atoms with Crippen molar-refractivity contribution in [2.24, 2.45) is 0 Å². The van der Waals surface area contributed by atoms with E-state index in [1.165, 1.54) is 0 Å². The minimum atomic E-state index is -0.587. The van der Waals surface area contributed by atoms with E-state index in [0.717, 1.165) is 42.4 Å². The van der Waals surface area contributed by atoms with Crippen LogP contribution in [0.5, 0.6) is 0 Å². The number of halogens is 1. The molecule has 0 radical (unpaired) electrons. The number of pyridine rings is 1. The number of hydrogen-bond donors (Lipinski definition) is 1. The van der Waals surface area contributed by atoms with Crippen LogP contribution in [0.25, 0.3) is 0 Å². The quantitative estimate of drug-likeness (QED) is 0.625. The number of hydrogen-bond acceptors (Lipinski definition) is 5. The van der Waals surface area contributed by atoms with Crippen LogP contribution in [-0.2, 0) is 11.3 Å². The van der Waals surface area contributed by atoms with Crippen LogP contribution in [-0.4, -0.2) is 46.5 Å². The van der Waals surface area contributed by atoms with Crippen LogP contribution in [0.1, 0.15) is 6.42 Å². The van der Waals surface area contributed by atoms with E-state index < -0.39 is 10.5 Å². The summed E-state index contributed by atoms with van der Waals surface area (Å²) in [5.41, 5.74) is -0.619. The molecule has 1 fully saturated rings. The lowest BCUT2D eigenvalue weighted by molar-refractivity contribution is -0.385. The highest BCUT2D eigenvalue weighted by molar-refractivity contribution is 5.85. The maximum Gasteiger partial charge on any atom is 0.285 e. The van der Waals surface area contributed by atoms with Gasteiger partial charge in [-0.15, -0.1) is 12.4 Å². The molecule has 8 nitrogen and oxygen atoms in total. The molecule has 0 atom stereocenters. The van der Waals surface area contributed by atoms with Gasteiger partial charge in [0.1, 0.15) is 6.54 Å². The van der Waals surface area contributed by atoms with Crippen molar-refractivity contribution in [2.45, 2.75) is 13.0 Å². The number of rotatable bonds is 3. The number of carbonyl (C=O) groups excluding carboxylic acids is 1. The molecule has 1 aromatic rings. The van der Waals surface area contributed by atoms with Crippen molar-refractivity contribution >= 4 is 24.0 Å². The van der Waals surface area contributed by atoms with E-state index in [-0.39, 0.29) is 30.5 Å². The molecule has 0 spiro atoms. The summed E-state index contributed by atoms with van der Waals surface area (Å²) in [7, 11) is 0. The van der Waals surface area contributed by atoms with Crippen LogP contribution < -0.4 is 10.9 Å². The minimum Gasteiger partial charge on any atom is -0.340 e. The first-order valence-corrected chi connectivity index (χ1v) is 6.41. The van der Waals surface area contributed by atoms with Gasteiger partial charge in [-0.1, -0.05) is 0 Å². The molecular formula is C12H17ClN4O4. The molecule has 0 saturated carbocycles. The van der Waals surface area contributed by atoms with Crippen molar-refractivity contribution in [1.82, 2.24) is 14.8 Å². The average molecular weight is 317 g/mol. The zero-order valence-electron chi connectivity index (χ0n) is 11.4. The van der Waals surface area contributed by atoms with Gasteiger partial charge in [0.05, 0.1) is 11.1 Å². The predicted molar refractivity (Wildman–Crippen MR) is 78.7 cm³/mol. The standard InChI is InChI=1S/C12H16N4O4.ClH/c17-11-3-2-10(16(19)20)8-15(11)9-12(18)14-6-1-4-13-5-7-14;/h2-3,8,13H,1,4-7,9H2;1H. The molecule has 9 heteroatoms. The SMILES string of the molecule is Cl.O=C(Cn1cc([N+](=O)[O-])ccc1=O)N1CCCNCC1. The van der Waals surface area contributed by atoms with Crippen molar-refractivity contribution in [3.05, 3.63) is 38.8 Å². The number of aromatic nitrogens is 1. The summed E-state index contributed by atoms with van der Waals surface area (Å²) >= 11 is 0. The Labute approximate surface area is 127 Å². The van der Waals surface area contributed by atoms with Crippen LogP contribution in [0.3, 0.4) is 0 Å². The second-order valence-electron chi connectivity index (χ2n) is 4.59. The Morgan fingerprint density at radius 2 is 2.10 bits per heavy atom. The fourth-order valence-corrected chi connectivity index (χ4v) is 2.09. The van der Waals surface area contributed by atoms with E-state index in [1.54, 1.807) is 4.90 Å². The molecule has 2 rings (SSSR count). The zero-order valence-corrected chi connectivity index (χ0v) is 12.2. The lowest BCUT2D eigenvalue weighted by Gasteiger charge is -2.20. The van der Waals surface area contributed by atoms with E-state index in [9.17, 15) is 19.7 Å². The molecule has 0 unspecified atom stereocenters. The van der Waals surface area contributed by atoms with Crippen LogP contribution >= 0.6 is 12.4 Å². The zero-order chi connectivity index (χ0) is 14.5. The molecular weight excluding hydrogens is 300 g/mol. The number of nitrogens with zero attached hydrogens (tertiary/aromatic N) is 3. The molecule has 21 heavy (non-hydrogen) atoms. The van der Waals surface area contributed by atoms with Crippen LogP contribution in [0, 0.1) is 10.1 Å². The maximum absolute atomic E-state index is 12.1. The Kier molecular flexibility index (Phi) is 6.32. The molecule has 1 aliphatic heterocycles. The first-order chi connectivity index (χ1) is 9.58. The molecule has 116 valence electrons. The minimum absolute atomic E-state index is 0.